The Labute approximate surface area is 84.5 Å². The van der Waals surface area contributed by atoms with Crippen molar-refractivity contribution in [3.05, 3.63) is 0 Å². The minimum absolute atomic E-state index is 0.0512. The predicted octanol–water partition coefficient (Wildman–Crippen LogP) is 0.696. The molecule has 1 aliphatic rings. The van der Waals surface area contributed by atoms with E-state index in [0.717, 1.165) is 32.2 Å². The molecule has 0 amide bonds. The Bertz CT molecular complexity index is 196. The molecule has 0 aliphatic heterocycles. The van der Waals surface area contributed by atoms with Crippen molar-refractivity contribution in [1.29, 1.82) is 0 Å². The fourth-order valence-electron chi connectivity index (χ4n) is 2.17. The lowest BCUT2D eigenvalue weighted by Gasteiger charge is -2.29. The fourth-order valence-corrected chi connectivity index (χ4v) is 2.17. The number of aliphatic hydroxyl groups excluding tert-OH is 1. The summed E-state index contributed by atoms with van der Waals surface area (Å²) in [6.45, 7) is 2.83. The summed E-state index contributed by atoms with van der Waals surface area (Å²) < 4.78 is 0. The number of rotatable bonds is 5. The molecule has 0 radical (unpaired) electrons. The van der Waals surface area contributed by atoms with Crippen LogP contribution in [0.15, 0.2) is 0 Å². The second-order valence-electron chi connectivity index (χ2n) is 3.93. The highest BCUT2D eigenvalue weighted by atomic mass is 16.4. The van der Waals surface area contributed by atoms with E-state index in [1.165, 1.54) is 0 Å². The number of hydrogen-bond donors (Lipinski definition) is 2. The molecule has 2 N–H and O–H groups in total. The van der Waals surface area contributed by atoms with Gasteiger partial charge in [0.1, 0.15) is 0 Å². The first-order chi connectivity index (χ1) is 6.65. The van der Waals surface area contributed by atoms with E-state index in [1.807, 2.05) is 11.8 Å². The molecule has 1 fully saturated rings. The van der Waals surface area contributed by atoms with E-state index in [2.05, 4.69) is 0 Å². The maximum atomic E-state index is 10.6. The number of carbonyl (C=O) groups is 1. The van der Waals surface area contributed by atoms with Crippen LogP contribution in [0.3, 0.4) is 0 Å². The van der Waals surface area contributed by atoms with Gasteiger partial charge in [-0.2, -0.15) is 0 Å². The van der Waals surface area contributed by atoms with Crippen LogP contribution >= 0.6 is 0 Å². The van der Waals surface area contributed by atoms with Crippen molar-refractivity contribution >= 4 is 5.97 Å². The summed E-state index contributed by atoms with van der Waals surface area (Å²) >= 11 is 0. The lowest BCUT2D eigenvalue weighted by Crippen LogP contribution is -2.43. The van der Waals surface area contributed by atoms with E-state index in [1.54, 1.807) is 0 Å². The highest BCUT2D eigenvalue weighted by molar-refractivity contribution is 5.69. The third-order valence-electron chi connectivity index (χ3n) is 2.76. The van der Waals surface area contributed by atoms with Crippen molar-refractivity contribution in [1.82, 2.24) is 4.90 Å². The van der Waals surface area contributed by atoms with Gasteiger partial charge in [0.2, 0.25) is 0 Å². The van der Waals surface area contributed by atoms with Gasteiger partial charge in [0, 0.05) is 6.04 Å². The molecule has 14 heavy (non-hydrogen) atoms. The quantitative estimate of drug-likeness (QED) is 0.687. The number of aliphatic carboxylic acids is 1. The molecule has 4 nitrogen and oxygen atoms in total. The minimum Gasteiger partial charge on any atom is -0.480 e. The number of carboxylic acid groups (broad SMARTS) is 1. The molecule has 0 heterocycles. The van der Waals surface area contributed by atoms with E-state index in [9.17, 15) is 9.90 Å². The van der Waals surface area contributed by atoms with Crippen molar-refractivity contribution < 1.29 is 15.0 Å². The van der Waals surface area contributed by atoms with Crippen molar-refractivity contribution in [3.63, 3.8) is 0 Å². The van der Waals surface area contributed by atoms with Crippen LogP contribution in [-0.2, 0) is 4.79 Å². The first kappa shape index (κ1) is 11.5. The number of hydrogen-bond acceptors (Lipinski definition) is 3. The molecular weight excluding hydrogens is 182 g/mol. The molecule has 2 atom stereocenters. The van der Waals surface area contributed by atoms with E-state index in [-0.39, 0.29) is 18.7 Å². The topological polar surface area (TPSA) is 60.8 Å². The Morgan fingerprint density at radius 1 is 1.50 bits per heavy atom. The molecule has 0 aromatic rings. The van der Waals surface area contributed by atoms with Crippen molar-refractivity contribution in [2.75, 3.05) is 13.1 Å². The van der Waals surface area contributed by atoms with Gasteiger partial charge in [0.15, 0.2) is 0 Å². The highest BCUT2D eigenvalue weighted by Gasteiger charge is 2.30. The molecule has 1 saturated carbocycles. The van der Waals surface area contributed by atoms with Gasteiger partial charge in [-0.25, -0.2) is 0 Å². The summed E-state index contributed by atoms with van der Waals surface area (Å²) in [6.07, 6.45) is 3.34. The molecule has 0 aromatic carbocycles. The van der Waals surface area contributed by atoms with Crippen LogP contribution < -0.4 is 0 Å². The second-order valence-corrected chi connectivity index (χ2v) is 3.93. The zero-order valence-electron chi connectivity index (χ0n) is 8.65. The van der Waals surface area contributed by atoms with Crippen LogP contribution in [0.25, 0.3) is 0 Å². The molecule has 4 heteroatoms. The summed E-state index contributed by atoms with van der Waals surface area (Å²) in [7, 11) is 0. The molecule has 1 aliphatic carbocycles. The van der Waals surface area contributed by atoms with E-state index in [4.69, 9.17) is 5.11 Å². The van der Waals surface area contributed by atoms with Gasteiger partial charge < -0.3 is 10.2 Å². The third kappa shape index (κ3) is 2.96. The first-order valence-electron chi connectivity index (χ1n) is 5.29. The van der Waals surface area contributed by atoms with Crippen LogP contribution in [0.2, 0.25) is 0 Å². The number of aliphatic hydroxyl groups is 1. The van der Waals surface area contributed by atoms with Gasteiger partial charge in [0.05, 0.1) is 12.6 Å². The van der Waals surface area contributed by atoms with Gasteiger partial charge in [0.25, 0.3) is 0 Å². The average Bonchev–Trinajstić information content (AvgIpc) is 2.50. The Kier molecular flexibility index (Phi) is 4.35. The predicted molar refractivity (Wildman–Crippen MR) is 53.1 cm³/mol. The van der Waals surface area contributed by atoms with Gasteiger partial charge in [-0.15, -0.1) is 0 Å². The normalized spacial score (nSPS) is 27.1. The summed E-state index contributed by atoms with van der Waals surface area (Å²) in [6, 6.07) is 0.0612. The Balaban J connectivity index is 2.51. The second kappa shape index (κ2) is 5.32. The summed E-state index contributed by atoms with van der Waals surface area (Å²) in [5.74, 6) is -0.808. The van der Waals surface area contributed by atoms with E-state index >= 15 is 0 Å². The molecule has 82 valence electrons. The maximum Gasteiger partial charge on any atom is 0.317 e. The Morgan fingerprint density at radius 2 is 2.21 bits per heavy atom. The summed E-state index contributed by atoms with van der Waals surface area (Å²) in [5, 5.41) is 18.4. The van der Waals surface area contributed by atoms with Gasteiger partial charge >= 0.3 is 5.97 Å². The minimum atomic E-state index is -0.808. The SMILES string of the molecule is CCCN(CC(=O)O)C1CCCC1O. The molecule has 0 aromatic heterocycles. The van der Waals surface area contributed by atoms with Gasteiger partial charge in [-0.05, 0) is 32.2 Å². The zero-order chi connectivity index (χ0) is 10.6. The lowest BCUT2D eigenvalue weighted by atomic mass is 10.1. The Morgan fingerprint density at radius 3 is 2.64 bits per heavy atom. The van der Waals surface area contributed by atoms with Crippen molar-refractivity contribution in [3.8, 4) is 0 Å². The van der Waals surface area contributed by atoms with Crippen LogP contribution in [-0.4, -0.2) is 46.3 Å². The maximum absolute atomic E-state index is 10.6. The van der Waals surface area contributed by atoms with Crippen LogP contribution in [0, 0.1) is 0 Å². The van der Waals surface area contributed by atoms with Gasteiger partial charge in [-0.1, -0.05) is 6.92 Å². The standard InChI is InChI=1S/C10H19NO3/c1-2-6-11(7-10(13)14)8-4-3-5-9(8)12/h8-9,12H,2-7H2,1H3,(H,13,14). The highest BCUT2D eigenvalue weighted by Crippen LogP contribution is 2.24. The molecular formula is C10H19NO3. The summed E-state index contributed by atoms with van der Waals surface area (Å²) in [4.78, 5) is 12.5. The lowest BCUT2D eigenvalue weighted by molar-refractivity contribution is -0.139. The molecule has 0 spiro atoms. The van der Waals surface area contributed by atoms with Crippen LogP contribution in [0.4, 0.5) is 0 Å². The first-order valence-corrected chi connectivity index (χ1v) is 5.29. The van der Waals surface area contributed by atoms with E-state index < -0.39 is 5.97 Å². The average molecular weight is 201 g/mol. The summed E-state index contributed by atoms with van der Waals surface area (Å²) in [5.41, 5.74) is 0. The van der Waals surface area contributed by atoms with Gasteiger partial charge in [-0.3, -0.25) is 9.69 Å². The largest absolute Gasteiger partial charge is 0.480 e. The van der Waals surface area contributed by atoms with E-state index in [0.29, 0.717) is 0 Å². The number of carboxylic acids is 1. The molecule has 0 saturated heterocycles. The zero-order valence-corrected chi connectivity index (χ0v) is 8.65. The van der Waals surface area contributed by atoms with Crippen LogP contribution in [0.1, 0.15) is 32.6 Å². The molecule has 2 unspecified atom stereocenters. The number of nitrogens with zero attached hydrogens (tertiary/aromatic N) is 1. The fraction of sp³-hybridized carbons (Fsp3) is 0.900. The Hall–Kier alpha value is -0.610. The smallest absolute Gasteiger partial charge is 0.317 e. The third-order valence-corrected chi connectivity index (χ3v) is 2.76. The van der Waals surface area contributed by atoms with Crippen LogP contribution in [0.5, 0.6) is 0 Å². The monoisotopic (exact) mass is 201 g/mol. The van der Waals surface area contributed by atoms with Crippen molar-refractivity contribution in [2.45, 2.75) is 44.8 Å². The molecule has 0 bridgehead atoms. The van der Waals surface area contributed by atoms with Crippen molar-refractivity contribution in [2.24, 2.45) is 0 Å². The molecule has 1 rings (SSSR count).